The first kappa shape index (κ1) is 25.3. The van der Waals surface area contributed by atoms with E-state index in [0.29, 0.717) is 5.52 Å². The molecule has 2 aromatic carbocycles. The summed E-state index contributed by atoms with van der Waals surface area (Å²) in [5.74, 6) is 0.162. The van der Waals surface area contributed by atoms with Gasteiger partial charge in [-0.15, -0.1) is 0 Å². The molecule has 0 saturated heterocycles. The Morgan fingerprint density at radius 3 is 2.61 bits per heavy atom. The van der Waals surface area contributed by atoms with Gasteiger partial charge in [0.25, 0.3) is 0 Å². The van der Waals surface area contributed by atoms with Crippen LogP contribution in [0, 0.1) is 6.92 Å². The maximum Gasteiger partial charge on any atom is 0.242 e. The minimum Gasteiger partial charge on any atom is -0.349 e. The number of fused-ring (bicyclic) bond motifs is 1. The summed E-state index contributed by atoms with van der Waals surface area (Å²) in [6, 6.07) is 13.0. The van der Waals surface area contributed by atoms with Crippen LogP contribution in [0.2, 0.25) is 0 Å². The third-order valence-electron chi connectivity index (χ3n) is 5.56. The molecule has 0 bridgehead atoms. The van der Waals surface area contributed by atoms with Crippen molar-refractivity contribution in [3.05, 3.63) is 53.6 Å². The normalized spacial score (nSPS) is 12.9. The second-order valence-electron chi connectivity index (χ2n) is 8.27. The SMILES string of the molecule is CCCCn1c(SCC(=O)NC(C)c2ccccc2C)nc2cc(S(=O)(=O)N(C)C)ccc21. The lowest BCUT2D eigenvalue weighted by molar-refractivity contribution is -0.119. The molecule has 1 unspecified atom stereocenters. The number of nitrogens with one attached hydrogen (secondary N) is 1. The molecule has 3 aromatic rings. The molecule has 1 aromatic heterocycles. The second kappa shape index (κ2) is 10.7. The molecule has 3 rings (SSSR count). The highest BCUT2D eigenvalue weighted by Gasteiger charge is 2.20. The van der Waals surface area contributed by atoms with E-state index in [1.54, 1.807) is 18.2 Å². The van der Waals surface area contributed by atoms with Gasteiger partial charge in [-0.3, -0.25) is 4.79 Å². The van der Waals surface area contributed by atoms with E-state index in [1.807, 2.05) is 38.1 Å². The van der Waals surface area contributed by atoms with Crippen molar-refractivity contribution >= 4 is 38.7 Å². The van der Waals surface area contributed by atoms with Crippen molar-refractivity contribution < 1.29 is 13.2 Å². The summed E-state index contributed by atoms with van der Waals surface area (Å²) >= 11 is 1.37. The summed E-state index contributed by atoms with van der Waals surface area (Å²) < 4.78 is 28.3. The van der Waals surface area contributed by atoms with Gasteiger partial charge in [-0.1, -0.05) is 49.4 Å². The van der Waals surface area contributed by atoms with Crippen LogP contribution in [0.5, 0.6) is 0 Å². The fourth-order valence-corrected chi connectivity index (χ4v) is 5.44. The molecule has 0 fully saturated rings. The molecule has 178 valence electrons. The van der Waals surface area contributed by atoms with Crippen LogP contribution in [0.25, 0.3) is 11.0 Å². The summed E-state index contributed by atoms with van der Waals surface area (Å²) in [6.07, 6.45) is 1.98. The van der Waals surface area contributed by atoms with Crippen molar-refractivity contribution in [3.63, 3.8) is 0 Å². The first-order valence-corrected chi connectivity index (χ1v) is 13.5. The van der Waals surface area contributed by atoms with E-state index in [9.17, 15) is 13.2 Å². The molecule has 1 N–H and O–H groups in total. The van der Waals surface area contributed by atoms with Gasteiger partial charge in [-0.05, 0) is 49.6 Å². The Balaban J connectivity index is 1.81. The number of aromatic nitrogens is 2. The fraction of sp³-hybridized carbons (Fsp3) is 0.417. The number of nitrogens with zero attached hydrogens (tertiary/aromatic N) is 3. The van der Waals surface area contributed by atoms with Crippen LogP contribution < -0.4 is 5.32 Å². The van der Waals surface area contributed by atoms with E-state index in [2.05, 4.69) is 21.8 Å². The van der Waals surface area contributed by atoms with E-state index in [0.717, 1.165) is 41.2 Å². The Morgan fingerprint density at radius 1 is 1.21 bits per heavy atom. The number of rotatable bonds is 10. The van der Waals surface area contributed by atoms with Crippen LogP contribution in [0.3, 0.4) is 0 Å². The lowest BCUT2D eigenvalue weighted by Crippen LogP contribution is -2.28. The lowest BCUT2D eigenvalue weighted by Gasteiger charge is -2.16. The smallest absolute Gasteiger partial charge is 0.242 e. The predicted molar refractivity (Wildman–Crippen MR) is 134 cm³/mol. The molecule has 0 radical (unpaired) electrons. The Bertz CT molecular complexity index is 1240. The Kier molecular flexibility index (Phi) is 8.20. The molecule has 33 heavy (non-hydrogen) atoms. The number of carbonyl (C=O) groups excluding carboxylic acids is 1. The zero-order valence-electron chi connectivity index (χ0n) is 19.8. The van der Waals surface area contributed by atoms with Crippen LogP contribution >= 0.6 is 11.8 Å². The summed E-state index contributed by atoms with van der Waals surface area (Å²) in [4.78, 5) is 17.6. The zero-order valence-corrected chi connectivity index (χ0v) is 21.5. The average Bonchev–Trinajstić information content (AvgIpc) is 3.12. The molecule has 1 amide bonds. The van der Waals surface area contributed by atoms with Crippen molar-refractivity contribution in [2.45, 2.75) is 56.3 Å². The summed E-state index contributed by atoms with van der Waals surface area (Å²) in [7, 11) is -0.523. The van der Waals surface area contributed by atoms with E-state index in [-0.39, 0.29) is 22.6 Å². The van der Waals surface area contributed by atoms with Gasteiger partial charge < -0.3 is 9.88 Å². The van der Waals surface area contributed by atoms with Gasteiger partial charge in [-0.2, -0.15) is 0 Å². The molecular weight excluding hydrogens is 456 g/mol. The summed E-state index contributed by atoms with van der Waals surface area (Å²) in [5.41, 5.74) is 3.73. The number of thioether (sulfide) groups is 1. The maximum absolute atomic E-state index is 12.7. The van der Waals surface area contributed by atoms with Gasteiger partial charge >= 0.3 is 0 Å². The van der Waals surface area contributed by atoms with E-state index in [1.165, 1.54) is 30.2 Å². The highest BCUT2D eigenvalue weighted by Crippen LogP contribution is 2.27. The quantitative estimate of drug-likeness (QED) is 0.429. The van der Waals surface area contributed by atoms with Crippen molar-refractivity contribution in [3.8, 4) is 0 Å². The Morgan fingerprint density at radius 2 is 1.94 bits per heavy atom. The lowest BCUT2D eigenvalue weighted by atomic mass is 10.0. The average molecular weight is 489 g/mol. The van der Waals surface area contributed by atoms with Gasteiger partial charge in [0, 0.05) is 20.6 Å². The van der Waals surface area contributed by atoms with Crippen molar-refractivity contribution in [1.29, 1.82) is 0 Å². The van der Waals surface area contributed by atoms with Crippen LogP contribution in [0.4, 0.5) is 0 Å². The van der Waals surface area contributed by atoms with E-state index in [4.69, 9.17) is 0 Å². The van der Waals surface area contributed by atoms with Crippen molar-refractivity contribution in [2.75, 3.05) is 19.8 Å². The number of aryl methyl sites for hydroxylation is 2. The third kappa shape index (κ3) is 5.77. The number of benzene rings is 2. The standard InChI is InChI=1S/C24H32N4O3S2/c1-6-7-14-28-22-13-12-19(33(30,31)27(4)5)15-21(22)26-24(28)32-16-23(29)25-18(3)20-11-9-8-10-17(20)2/h8-13,15,18H,6-7,14,16H2,1-5H3,(H,25,29). The molecule has 0 aliphatic heterocycles. The molecule has 7 nitrogen and oxygen atoms in total. The van der Waals surface area contributed by atoms with E-state index >= 15 is 0 Å². The molecule has 0 aliphatic carbocycles. The molecule has 0 aliphatic rings. The number of amides is 1. The van der Waals surface area contributed by atoms with Gasteiger partial charge in [0.05, 0.1) is 27.7 Å². The van der Waals surface area contributed by atoms with Crippen LogP contribution in [0.15, 0.2) is 52.5 Å². The number of carbonyl (C=O) groups is 1. The Hall–Kier alpha value is -2.36. The number of hydrogen-bond donors (Lipinski definition) is 1. The molecule has 9 heteroatoms. The monoisotopic (exact) mass is 488 g/mol. The number of imidazole rings is 1. The first-order valence-electron chi connectivity index (χ1n) is 11.1. The highest BCUT2D eigenvalue weighted by atomic mass is 32.2. The summed E-state index contributed by atoms with van der Waals surface area (Å²) in [6.45, 7) is 6.89. The van der Waals surface area contributed by atoms with Crippen LogP contribution in [0.1, 0.15) is 43.9 Å². The molecule has 1 atom stereocenters. The van der Waals surface area contributed by atoms with Gasteiger partial charge in [0.1, 0.15) is 0 Å². The minimum atomic E-state index is -3.54. The first-order chi connectivity index (χ1) is 15.6. The van der Waals surface area contributed by atoms with Gasteiger partial charge in [0.15, 0.2) is 5.16 Å². The minimum absolute atomic E-state index is 0.0688. The second-order valence-corrected chi connectivity index (χ2v) is 11.4. The third-order valence-corrected chi connectivity index (χ3v) is 8.35. The van der Waals surface area contributed by atoms with E-state index < -0.39 is 10.0 Å². The van der Waals surface area contributed by atoms with Gasteiger partial charge in [0.2, 0.25) is 15.9 Å². The fourth-order valence-electron chi connectivity index (χ4n) is 3.66. The maximum atomic E-state index is 12.7. The summed E-state index contributed by atoms with van der Waals surface area (Å²) in [5, 5.41) is 3.78. The molecule has 0 saturated carbocycles. The molecule has 0 spiro atoms. The number of hydrogen-bond acceptors (Lipinski definition) is 5. The molecular formula is C24H32N4O3S2. The Labute approximate surface area is 200 Å². The predicted octanol–water partition coefficient (Wildman–Crippen LogP) is 4.36. The van der Waals surface area contributed by atoms with Gasteiger partial charge in [-0.25, -0.2) is 17.7 Å². The highest BCUT2D eigenvalue weighted by molar-refractivity contribution is 7.99. The topological polar surface area (TPSA) is 84.3 Å². The zero-order chi connectivity index (χ0) is 24.2. The van der Waals surface area contributed by atoms with Crippen LogP contribution in [-0.2, 0) is 21.4 Å². The van der Waals surface area contributed by atoms with Crippen molar-refractivity contribution in [1.82, 2.24) is 19.2 Å². The van der Waals surface area contributed by atoms with Crippen LogP contribution in [-0.4, -0.2) is 48.0 Å². The largest absolute Gasteiger partial charge is 0.349 e. The molecule has 1 heterocycles. The number of unbranched alkanes of at least 4 members (excludes halogenated alkanes) is 1. The number of sulfonamides is 1. The van der Waals surface area contributed by atoms with Crippen molar-refractivity contribution in [2.24, 2.45) is 0 Å².